The maximum Gasteiger partial charge on any atom is 0.254 e. The first-order chi connectivity index (χ1) is 16.3. The molecule has 0 saturated carbocycles. The molecule has 2 amide bonds. The van der Waals surface area contributed by atoms with Gasteiger partial charge in [0.1, 0.15) is 0 Å². The Morgan fingerprint density at radius 1 is 0.971 bits per heavy atom. The number of hydrogen-bond donors (Lipinski definition) is 1. The van der Waals surface area contributed by atoms with Gasteiger partial charge in [0.2, 0.25) is 5.91 Å². The number of anilines is 1. The quantitative estimate of drug-likeness (QED) is 0.584. The fourth-order valence-corrected chi connectivity index (χ4v) is 5.55. The van der Waals surface area contributed by atoms with Crippen LogP contribution in [0, 0.1) is 31.6 Å². The minimum atomic E-state index is 0.150. The fourth-order valence-electron chi connectivity index (χ4n) is 5.55. The van der Waals surface area contributed by atoms with Gasteiger partial charge in [0.15, 0.2) is 0 Å². The topological polar surface area (TPSA) is 52.7 Å². The molecule has 2 atom stereocenters. The Hall–Kier alpha value is -2.82. The zero-order valence-corrected chi connectivity index (χ0v) is 21.1. The number of nitrogens with one attached hydrogen (secondary N) is 1. The van der Waals surface area contributed by atoms with Crippen molar-refractivity contribution in [1.29, 1.82) is 0 Å². The first-order valence-electron chi connectivity index (χ1n) is 12.8. The summed E-state index contributed by atoms with van der Waals surface area (Å²) >= 11 is 0. The Bertz CT molecular complexity index is 998. The van der Waals surface area contributed by atoms with E-state index >= 15 is 0 Å². The van der Waals surface area contributed by atoms with Crippen molar-refractivity contribution in [3.63, 3.8) is 0 Å². The molecule has 2 aromatic rings. The number of nitrogens with zero attached hydrogens (tertiary/aromatic N) is 2. The van der Waals surface area contributed by atoms with E-state index in [1.165, 1.54) is 11.3 Å². The normalized spacial score (nSPS) is 19.6. The molecule has 0 bridgehead atoms. The molecule has 2 heterocycles. The van der Waals surface area contributed by atoms with Crippen LogP contribution in [0.4, 0.5) is 5.69 Å². The van der Waals surface area contributed by atoms with Crippen molar-refractivity contribution in [2.45, 2.75) is 47.0 Å². The molecule has 2 aliphatic heterocycles. The van der Waals surface area contributed by atoms with Gasteiger partial charge in [-0.3, -0.25) is 9.59 Å². The molecule has 0 aromatic heterocycles. The van der Waals surface area contributed by atoms with Crippen molar-refractivity contribution in [3.05, 3.63) is 64.7 Å². The molecule has 1 N–H and O–H groups in total. The Morgan fingerprint density at radius 3 is 2.26 bits per heavy atom. The number of carbonyl (C=O) groups excluding carboxylic acids is 2. The summed E-state index contributed by atoms with van der Waals surface area (Å²) in [6.07, 6.45) is 2.52. The van der Waals surface area contributed by atoms with Gasteiger partial charge in [-0.1, -0.05) is 44.2 Å². The summed E-state index contributed by atoms with van der Waals surface area (Å²) < 4.78 is 0. The highest BCUT2D eigenvalue weighted by Crippen LogP contribution is 2.35. The maximum atomic E-state index is 13.2. The van der Waals surface area contributed by atoms with Crippen molar-refractivity contribution < 1.29 is 9.59 Å². The molecule has 182 valence electrons. The van der Waals surface area contributed by atoms with E-state index in [1.807, 2.05) is 32.0 Å². The van der Waals surface area contributed by atoms with Crippen molar-refractivity contribution in [2.24, 2.45) is 17.8 Å². The van der Waals surface area contributed by atoms with E-state index in [9.17, 15) is 9.59 Å². The molecule has 2 aromatic carbocycles. The second kappa shape index (κ2) is 10.6. The van der Waals surface area contributed by atoms with Crippen LogP contribution in [0.1, 0.15) is 53.7 Å². The van der Waals surface area contributed by atoms with Crippen molar-refractivity contribution in [2.75, 3.05) is 37.6 Å². The minimum Gasteiger partial charge on any atom is -0.371 e. The molecule has 5 nitrogen and oxygen atoms in total. The summed E-state index contributed by atoms with van der Waals surface area (Å²) in [6.45, 7) is 12.7. The third-order valence-electron chi connectivity index (χ3n) is 7.30. The van der Waals surface area contributed by atoms with Crippen LogP contribution in [0.5, 0.6) is 0 Å². The van der Waals surface area contributed by atoms with Gasteiger partial charge in [-0.2, -0.15) is 0 Å². The van der Waals surface area contributed by atoms with Crippen molar-refractivity contribution >= 4 is 17.5 Å². The molecule has 0 spiro atoms. The summed E-state index contributed by atoms with van der Waals surface area (Å²) in [5, 5.41) is 3.03. The average Bonchev–Trinajstić information content (AvgIpc) is 3.36. The smallest absolute Gasteiger partial charge is 0.254 e. The Balaban J connectivity index is 1.29. The molecular formula is C29H39N3O2. The van der Waals surface area contributed by atoms with Gasteiger partial charge in [-0.25, -0.2) is 0 Å². The maximum absolute atomic E-state index is 13.2. The second-order valence-electron chi connectivity index (χ2n) is 10.6. The SMILES string of the molecule is Cc1cccc(C)c1C(=O)N1CC2CN(c3cccc(CCCNC(=O)CC(C)C)c3)CC2C1. The number of hydrogen-bond acceptors (Lipinski definition) is 3. The fraction of sp³-hybridized carbons (Fsp3) is 0.517. The van der Waals surface area contributed by atoms with Gasteiger partial charge >= 0.3 is 0 Å². The average molecular weight is 462 g/mol. The summed E-state index contributed by atoms with van der Waals surface area (Å²) in [5.41, 5.74) is 5.62. The first kappa shape index (κ1) is 24.3. The zero-order valence-electron chi connectivity index (χ0n) is 21.1. The Morgan fingerprint density at radius 2 is 1.62 bits per heavy atom. The zero-order chi connectivity index (χ0) is 24.2. The van der Waals surface area contributed by atoms with Crippen LogP contribution >= 0.6 is 0 Å². The predicted octanol–water partition coefficient (Wildman–Crippen LogP) is 4.61. The number of benzene rings is 2. The monoisotopic (exact) mass is 461 g/mol. The molecule has 34 heavy (non-hydrogen) atoms. The number of aryl methyl sites for hydroxylation is 3. The van der Waals surface area contributed by atoms with E-state index in [2.05, 4.69) is 53.2 Å². The van der Waals surface area contributed by atoms with E-state index in [0.717, 1.165) is 62.3 Å². The highest BCUT2D eigenvalue weighted by atomic mass is 16.2. The van der Waals surface area contributed by atoms with Crippen LogP contribution in [0.3, 0.4) is 0 Å². The Labute approximate surface area is 204 Å². The van der Waals surface area contributed by atoms with Gasteiger partial charge in [0.25, 0.3) is 5.91 Å². The van der Waals surface area contributed by atoms with E-state index in [0.29, 0.717) is 24.2 Å². The van der Waals surface area contributed by atoms with Gasteiger partial charge in [-0.15, -0.1) is 0 Å². The summed E-state index contributed by atoms with van der Waals surface area (Å²) in [6, 6.07) is 14.9. The van der Waals surface area contributed by atoms with Crippen molar-refractivity contribution in [1.82, 2.24) is 10.2 Å². The number of amides is 2. The number of carbonyl (C=O) groups is 2. The summed E-state index contributed by atoms with van der Waals surface area (Å²) in [4.78, 5) is 29.6. The molecule has 2 saturated heterocycles. The van der Waals surface area contributed by atoms with Crippen LogP contribution in [0.15, 0.2) is 42.5 Å². The van der Waals surface area contributed by atoms with Crippen LogP contribution in [0.25, 0.3) is 0 Å². The van der Waals surface area contributed by atoms with Gasteiger partial charge < -0.3 is 15.1 Å². The lowest BCUT2D eigenvalue weighted by Gasteiger charge is -2.24. The van der Waals surface area contributed by atoms with Gasteiger partial charge in [-0.05, 0) is 61.4 Å². The van der Waals surface area contributed by atoms with Gasteiger partial charge in [0.05, 0.1) is 0 Å². The first-order valence-corrected chi connectivity index (χ1v) is 12.8. The number of likely N-dealkylation sites (tertiary alicyclic amines) is 1. The highest BCUT2D eigenvalue weighted by molar-refractivity contribution is 5.97. The molecule has 0 radical (unpaired) electrons. The number of fused-ring (bicyclic) bond motifs is 1. The molecule has 2 aliphatic rings. The summed E-state index contributed by atoms with van der Waals surface area (Å²) in [7, 11) is 0. The van der Waals surface area contributed by atoms with Crippen molar-refractivity contribution in [3.8, 4) is 0 Å². The lowest BCUT2D eigenvalue weighted by atomic mass is 10.0. The van der Waals surface area contributed by atoms with Crippen LogP contribution in [0.2, 0.25) is 0 Å². The largest absolute Gasteiger partial charge is 0.371 e. The predicted molar refractivity (Wildman–Crippen MR) is 138 cm³/mol. The molecule has 0 aliphatic carbocycles. The third kappa shape index (κ3) is 5.63. The van der Waals surface area contributed by atoms with E-state index in [-0.39, 0.29) is 11.8 Å². The molecule has 4 rings (SSSR count). The van der Waals surface area contributed by atoms with Crippen LogP contribution in [-0.2, 0) is 11.2 Å². The molecular weight excluding hydrogens is 422 g/mol. The molecule has 2 unspecified atom stereocenters. The Kier molecular flexibility index (Phi) is 7.60. The standard InChI is InChI=1S/C29H39N3O2/c1-20(2)14-27(33)30-13-7-11-23-10-6-12-26(15-23)31-16-24-18-32(19-25(24)17-31)29(34)28-21(3)8-5-9-22(28)4/h5-6,8-10,12,15,20,24-25H,7,11,13-14,16-19H2,1-4H3,(H,30,33). The van der Waals surface area contributed by atoms with E-state index in [4.69, 9.17) is 0 Å². The third-order valence-corrected chi connectivity index (χ3v) is 7.30. The van der Waals surface area contributed by atoms with Crippen LogP contribution < -0.4 is 10.2 Å². The summed E-state index contributed by atoms with van der Waals surface area (Å²) in [5.74, 6) is 1.81. The van der Waals surface area contributed by atoms with E-state index in [1.54, 1.807) is 0 Å². The lowest BCUT2D eigenvalue weighted by Crippen LogP contribution is -2.34. The molecule has 2 fully saturated rings. The minimum absolute atomic E-state index is 0.150. The van der Waals surface area contributed by atoms with Gasteiger partial charge in [0, 0.05) is 62.2 Å². The lowest BCUT2D eigenvalue weighted by molar-refractivity contribution is -0.121. The molecule has 5 heteroatoms. The van der Waals surface area contributed by atoms with Crippen LogP contribution in [-0.4, -0.2) is 49.4 Å². The number of rotatable bonds is 8. The second-order valence-corrected chi connectivity index (χ2v) is 10.6. The highest BCUT2D eigenvalue weighted by Gasteiger charge is 2.42. The van der Waals surface area contributed by atoms with E-state index < -0.39 is 0 Å².